The molecule has 1 N–H and O–H groups in total. The fourth-order valence-corrected chi connectivity index (χ4v) is 1.87. The van der Waals surface area contributed by atoms with Crippen molar-refractivity contribution in [3.8, 4) is 0 Å². The van der Waals surface area contributed by atoms with Gasteiger partial charge in [0, 0.05) is 18.9 Å². The van der Waals surface area contributed by atoms with E-state index in [1.807, 2.05) is 0 Å². The van der Waals surface area contributed by atoms with Crippen LogP contribution in [-0.4, -0.2) is 32.0 Å². The summed E-state index contributed by atoms with van der Waals surface area (Å²) in [6, 6.07) is 0. The minimum atomic E-state index is -0.130. The van der Waals surface area contributed by atoms with E-state index >= 15 is 0 Å². The van der Waals surface area contributed by atoms with Crippen LogP contribution >= 0.6 is 11.5 Å². The number of aryl methyl sites for hydroxylation is 1. The molecule has 0 bridgehead atoms. The van der Waals surface area contributed by atoms with E-state index in [1.165, 1.54) is 6.33 Å². The lowest BCUT2D eigenvalue weighted by molar-refractivity contribution is 0.0957. The molecule has 0 fully saturated rings. The molecule has 0 unspecified atom stereocenters. The lowest BCUT2D eigenvalue weighted by atomic mass is 10.2. The van der Waals surface area contributed by atoms with Gasteiger partial charge in [-0.2, -0.15) is 0 Å². The molecule has 0 spiro atoms. The molecular weight excluding hydrogens is 238 g/mol. The van der Waals surface area contributed by atoms with Gasteiger partial charge in [0.25, 0.3) is 5.91 Å². The van der Waals surface area contributed by atoms with E-state index in [4.69, 9.17) is 0 Å². The van der Waals surface area contributed by atoms with Crippen molar-refractivity contribution in [3.05, 3.63) is 34.9 Å². The lowest BCUT2D eigenvalue weighted by Crippen LogP contribution is -2.25. The van der Waals surface area contributed by atoms with Crippen molar-refractivity contribution in [2.75, 3.05) is 6.54 Å². The van der Waals surface area contributed by atoms with Crippen molar-refractivity contribution < 1.29 is 4.79 Å². The van der Waals surface area contributed by atoms with Gasteiger partial charge in [0.05, 0.1) is 5.69 Å². The molecule has 0 aliphatic rings. The number of rotatable bonds is 4. The number of aromatic nitrogens is 4. The second kappa shape index (κ2) is 5.44. The van der Waals surface area contributed by atoms with E-state index in [1.54, 1.807) is 19.3 Å². The monoisotopic (exact) mass is 249 g/mol. The van der Waals surface area contributed by atoms with E-state index in [0.717, 1.165) is 17.1 Å². The highest BCUT2D eigenvalue weighted by molar-refractivity contribution is 7.07. The molecule has 2 heterocycles. The molecule has 88 valence electrons. The van der Waals surface area contributed by atoms with Crippen LogP contribution in [-0.2, 0) is 6.42 Å². The summed E-state index contributed by atoms with van der Waals surface area (Å²) in [4.78, 5) is 20.1. The van der Waals surface area contributed by atoms with Gasteiger partial charge in [0.15, 0.2) is 0 Å². The minimum absolute atomic E-state index is 0.130. The molecule has 0 aliphatic carbocycles. The van der Waals surface area contributed by atoms with E-state index in [2.05, 4.69) is 24.9 Å². The summed E-state index contributed by atoms with van der Waals surface area (Å²) < 4.78 is 3.72. The molecule has 2 rings (SSSR count). The molecule has 1 amide bonds. The van der Waals surface area contributed by atoms with Gasteiger partial charge in [-0.05, 0) is 30.4 Å². The smallest absolute Gasteiger partial charge is 0.264 e. The lowest BCUT2D eigenvalue weighted by Gasteiger charge is -2.02. The maximum absolute atomic E-state index is 11.7. The van der Waals surface area contributed by atoms with Crippen LogP contribution in [0.25, 0.3) is 0 Å². The van der Waals surface area contributed by atoms with Gasteiger partial charge < -0.3 is 5.32 Å². The summed E-state index contributed by atoms with van der Waals surface area (Å²) in [5, 5.41) is 6.60. The Labute approximate surface area is 102 Å². The summed E-state index contributed by atoms with van der Waals surface area (Å²) >= 11 is 1.11. The highest BCUT2D eigenvalue weighted by Crippen LogP contribution is 2.08. The standard InChI is InChI=1S/C10H11N5OS/c1-7-9(17-15-14-7)10(16)13-3-2-8-4-11-6-12-5-8/h4-6H,2-3H2,1H3,(H,13,16). The summed E-state index contributed by atoms with van der Waals surface area (Å²) in [6.45, 7) is 2.31. The molecule has 0 atom stereocenters. The van der Waals surface area contributed by atoms with E-state index in [9.17, 15) is 4.79 Å². The summed E-state index contributed by atoms with van der Waals surface area (Å²) in [6.07, 6.45) is 5.66. The van der Waals surface area contributed by atoms with E-state index in [0.29, 0.717) is 23.5 Å². The van der Waals surface area contributed by atoms with Crippen molar-refractivity contribution in [1.82, 2.24) is 24.9 Å². The van der Waals surface area contributed by atoms with Gasteiger partial charge in [0.2, 0.25) is 0 Å². The first-order valence-corrected chi connectivity index (χ1v) is 5.86. The fourth-order valence-electron chi connectivity index (χ4n) is 1.30. The van der Waals surface area contributed by atoms with Gasteiger partial charge in [-0.25, -0.2) is 9.97 Å². The van der Waals surface area contributed by atoms with Crippen LogP contribution in [0.1, 0.15) is 20.9 Å². The zero-order valence-electron chi connectivity index (χ0n) is 9.25. The van der Waals surface area contributed by atoms with Gasteiger partial charge in [-0.1, -0.05) is 4.49 Å². The van der Waals surface area contributed by atoms with Crippen molar-refractivity contribution in [1.29, 1.82) is 0 Å². The highest BCUT2D eigenvalue weighted by Gasteiger charge is 2.11. The SMILES string of the molecule is Cc1nnsc1C(=O)NCCc1cncnc1. The molecular formula is C10H11N5OS. The first kappa shape index (κ1) is 11.6. The first-order valence-electron chi connectivity index (χ1n) is 5.08. The number of nitrogens with one attached hydrogen (secondary N) is 1. The number of amides is 1. The molecule has 6 nitrogen and oxygen atoms in total. The Balaban J connectivity index is 1.84. The largest absolute Gasteiger partial charge is 0.351 e. The summed E-state index contributed by atoms with van der Waals surface area (Å²) in [5.41, 5.74) is 1.66. The van der Waals surface area contributed by atoms with Crippen LogP contribution in [0.15, 0.2) is 18.7 Å². The predicted octanol–water partition coefficient (Wildman–Crippen LogP) is 0.609. The quantitative estimate of drug-likeness (QED) is 0.858. The van der Waals surface area contributed by atoms with Crippen LogP contribution in [0.4, 0.5) is 0 Å². The van der Waals surface area contributed by atoms with Crippen molar-refractivity contribution >= 4 is 17.4 Å². The van der Waals surface area contributed by atoms with Crippen LogP contribution < -0.4 is 5.32 Å². The number of carbonyl (C=O) groups is 1. The molecule has 0 saturated heterocycles. The Morgan fingerprint density at radius 2 is 2.18 bits per heavy atom. The number of hydrogen-bond acceptors (Lipinski definition) is 6. The summed E-state index contributed by atoms with van der Waals surface area (Å²) in [7, 11) is 0. The van der Waals surface area contributed by atoms with Gasteiger partial charge in [0.1, 0.15) is 11.2 Å². The van der Waals surface area contributed by atoms with Crippen LogP contribution in [0.3, 0.4) is 0 Å². The Hall–Kier alpha value is -1.89. The van der Waals surface area contributed by atoms with Crippen molar-refractivity contribution in [3.63, 3.8) is 0 Å². The Bertz CT molecular complexity index is 498. The van der Waals surface area contributed by atoms with E-state index < -0.39 is 0 Å². The topological polar surface area (TPSA) is 80.7 Å². The van der Waals surface area contributed by atoms with Crippen LogP contribution in [0.5, 0.6) is 0 Å². The van der Waals surface area contributed by atoms with Gasteiger partial charge in [-0.15, -0.1) is 5.10 Å². The average molecular weight is 249 g/mol. The maximum Gasteiger partial charge on any atom is 0.264 e. The Morgan fingerprint density at radius 3 is 2.82 bits per heavy atom. The molecule has 2 aromatic heterocycles. The third-order valence-electron chi connectivity index (χ3n) is 2.17. The molecule has 0 radical (unpaired) electrons. The Kier molecular flexibility index (Phi) is 3.71. The predicted molar refractivity (Wildman–Crippen MR) is 62.7 cm³/mol. The summed E-state index contributed by atoms with van der Waals surface area (Å²) in [5.74, 6) is -0.130. The highest BCUT2D eigenvalue weighted by atomic mass is 32.1. The molecule has 0 saturated carbocycles. The van der Waals surface area contributed by atoms with Gasteiger partial charge >= 0.3 is 0 Å². The fraction of sp³-hybridized carbons (Fsp3) is 0.300. The van der Waals surface area contributed by atoms with Crippen molar-refractivity contribution in [2.45, 2.75) is 13.3 Å². The molecule has 7 heteroatoms. The van der Waals surface area contributed by atoms with Gasteiger partial charge in [-0.3, -0.25) is 4.79 Å². The zero-order chi connectivity index (χ0) is 12.1. The third-order valence-corrected chi connectivity index (χ3v) is 3.00. The zero-order valence-corrected chi connectivity index (χ0v) is 10.1. The minimum Gasteiger partial charge on any atom is -0.351 e. The second-order valence-corrected chi connectivity index (χ2v) is 4.19. The Morgan fingerprint density at radius 1 is 1.41 bits per heavy atom. The number of hydrogen-bond donors (Lipinski definition) is 1. The van der Waals surface area contributed by atoms with Crippen LogP contribution in [0.2, 0.25) is 0 Å². The van der Waals surface area contributed by atoms with Crippen molar-refractivity contribution in [2.24, 2.45) is 0 Å². The molecule has 2 aromatic rings. The van der Waals surface area contributed by atoms with E-state index in [-0.39, 0.29) is 5.91 Å². The third kappa shape index (κ3) is 3.04. The van der Waals surface area contributed by atoms with Crippen LogP contribution in [0, 0.1) is 6.92 Å². The molecule has 0 aliphatic heterocycles. The number of nitrogens with zero attached hydrogens (tertiary/aromatic N) is 4. The second-order valence-electron chi connectivity index (χ2n) is 3.44. The molecule has 0 aromatic carbocycles. The number of carbonyl (C=O) groups excluding carboxylic acids is 1. The average Bonchev–Trinajstić information content (AvgIpc) is 2.77. The normalized spacial score (nSPS) is 10.2. The first-order chi connectivity index (χ1) is 8.27. The molecule has 17 heavy (non-hydrogen) atoms. The maximum atomic E-state index is 11.7.